The van der Waals surface area contributed by atoms with Crippen LogP contribution in [0.5, 0.6) is 5.75 Å². The zero-order chi connectivity index (χ0) is 19.6. The van der Waals surface area contributed by atoms with Crippen molar-refractivity contribution in [3.05, 3.63) is 59.7 Å². The van der Waals surface area contributed by atoms with Crippen LogP contribution in [0.4, 0.5) is 5.69 Å². The van der Waals surface area contributed by atoms with Crippen LogP contribution in [0.3, 0.4) is 0 Å². The van der Waals surface area contributed by atoms with E-state index in [2.05, 4.69) is 24.5 Å². The average Bonchev–Trinajstić information content (AvgIpc) is 2.69. The number of ether oxygens (including phenoxy) is 1. The maximum absolute atomic E-state index is 12.5. The van der Waals surface area contributed by atoms with Crippen LogP contribution in [0.2, 0.25) is 0 Å². The first-order chi connectivity index (χ1) is 13.0. The number of anilines is 1. The van der Waals surface area contributed by atoms with E-state index in [1.165, 1.54) is 5.56 Å². The van der Waals surface area contributed by atoms with Crippen LogP contribution in [0.1, 0.15) is 49.5 Å². The molecule has 0 aliphatic carbocycles. The first-order valence-corrected chi connectivity index (χ1v) is 9.48. The van der Waals surface area contributed by atoms with Gasteiger partial charge >= 0.3 is 0 Å². The van der Waals surface area contributed by atoms with Crippen molar-refractivity contribution in [2.45, 2.75) is 46.1 Å². The Balaban J connectivity index is 2.00. The van der Waals surface area contributed by atoms with Crippen LogP contribution >= 0.6 is 0 Å². The number of hydrogen-bond donors (Lipinski definition) is 2. The molecule has 144 valence electrons. The quantitative estimate of drug-likeness (QED) is 0.652. The number of rotatable bonds is 9. The number of amides is 2. The maximum Gasteiger partial charge on any atom is 0.265 e. The molecule has 1 atom stereocenters. The molecule has 2 amide bonds. The molecule has 0 aliphatic heterocycles. The van der Waals surface area contributed by atoms with Crippen LogP contribution in [-0.4, -0.2) is 24.5 Å². The first-order valence-electron chi connectivity index (χ1n) is 9.48. The highest BCUT2D eigenvalue weighted by atomic mass is 16.5. The van der Waals surface area contributed by atoms with E-state index in [-0.39, 0.29) is 11.8 Å². The number of unbranched alkanes of at least 4 members (excludes halogenated alkanes) is 1. The van der Waals surface area contributed by atoms with Crippen LogP contribution in [0.15, 0.2) is 48.5 Å². The predicted octanol–water partition coefficient (Wildman–Crippen LogP) is 4.18. The Bertz CT molecular complexity index is 756. The van der Waals surface area contributed by atoms with Gasteiger partial charge in [0.1, 0.15) is 5.75 Å². The third kappa shape index (κ3) is 6.13. The lowest BCUT2D eigenvalue weighted by molar-refractivity contribution is -0.122. The summed E-state index contributed by atoms with van der Waals surface area (Å²) >= 11 is 0. The lowest BCUT2D eigenvalue weighted by atomic mass is 10.1. The monoisotopic (exact) mass is 368 g/mol. The Morgan fingerprint density at radius 3 is 2.41 bits per heavy atom. The van der Waals surface area contributed by atoms with Gasteiger partial charge in [-0.2, -0.15) is 0 Å². The van der Waals surface area contributed by atoms with Gasteiger partial charge < -0.3 is 15.4 Å². The summed E-state index contributed by atoms with van der Waals surface area (Å²) in [5.74, 6) is 0.145. The minimum atomic E-state index is -0.686. The van der Waals surface area contributed by atoms with Gasteiger partial charge in [-0.15, -0.1) is 0 Å². The summed E-state index contributed by atoms with van der Waals surface area (Å²) in [7, 11) is 0. The zero-order valence-electron chi connectivity index (χ0n) is 16.2. The molecule has 0 fully saturated rings. The van der Waals surface area contributed by atoms with E-state index in [1.54, 1.807) is 31.2 Å². The van der Waals surface area contributed by atoms with E-state index in [9.17, 15) is 9.59 Å². The summed E-state index contributed by atoms with van der Waals surface area (Å²) in [6, 6.07) is 14.7. The molecule has 2 aromatic rings. The van der Waals surface area contributed by atoms with Crippen LogP contribution < -0.4 is 15.4 Å². The molecule has 5 heteroatoms. The highest BCUT2D eigenvalue weighted by Crippen LogP contribution is 2.18. The van der Waals surface area contributed by atoms with E-state index < -0.39 is 6.10 Å². The fraction of sp³-hybridized carbons (Fsp3) is 0.364. The lowest BCUT2D eigenvalue weighted by Gasteiger charge is -2.16. The smallest absolute Gasteiger partial charge is 0.265 e. The highest BCUT2D eigenvalue weighted by molar-refractivity contribution is 6.04. The van der Waals surface area contributed by atoms with Gasteiger partial charge in [-0.05, 0) is 49.6 Å². The largest absolute Gasteiger partial charge is 0.481 e. The van der Waals surface area contributed by atoms with Crippen molar-refractivity contribution in [2.24, 2.45) is 0 Å². The first kappa shape index (κ1) is 20.5. The minimum Gasteiger partial charge on any atom is -0.481 e. The van der Waals surface area contributed by atoms with Crippen molar-refractivity contribution in [3.8, 4) is 5.75 Å². The van der Waals surface area contributed by atoms with Gasteiger partial charge in [0.2, 0.25) is 0 Å². The highest BCUT2D eigenvalue weighted by Gasteiger charge is 2.18. The van der Waals surface area contributed by atoms with E-state index in [0.29, 0.717) is 23.5 Å². The molecule has 0 heterocycles. The molecule has 0 aromatic heterocycles. The zero-order valence-corrected chi connectivity index (χ0v) is 16.2. The van der Waals surface area contributed by atoms with E-state index in [0.717, 1.165) is 19.3 Å². The van der Waals surface area contributed by atoms with Crippen molar-refractivity contribution in [1.29, 1.82) is 0 Å². The van der Waals surface area contributed by atoms with Crippen molar-refractivity contribution in [2.75, 3.05) is 11.9 Å². The maximum atomic E-state index is 12.5. The number of aryl methyl sites for hydroxylation is 1. The molecule has 2 aromatic carbocycles. The summed E-state index contributed by atoms with van der Waals surface area (Å²) in [6.45, 7) is 6.46. The SMILES string of the molecule is CCCCNC(=O)c1ccccc1NC(=O)C(C)Oc1ccc(CC)cc1. The molecule has 2 N–H and O–H groups in total. The van der Waals surface area contributed by atoms with Gasteiger partial charge in [0, 0.05) is 6.54 Å². The van der Waals surface area contributed by atoms with Crippen molar-refractivity contribution < 1.29 is 14.3 Å². The van der Waals surface area contributed by atoms with Crippen LogP contribution in [0.25, 0.3) is 0 Å². The summed E-state index contributed by atoms with van der Waals surface area (Å²) < 4.78 is 5.72. The number of carbonyl (C=O) groups excluding carboxylic acids is 2. The van der Waals surface area contributed by atoms with Gasteiger partial charge in [0.15, 0.2) is 6.10 Å². The van der Waals surface area contributed by atoms with Gasteiger partial charge in [-0.1, -0.05) is 44.5 Å². The second-order valence-electron chi connectivity index (χ2n) is 6.40. The lowest BCUT2D eigenvalue weighted by Crippen LogP contribution is -2.32. The summed E-state index contributed by atoms with van der Waals surface area (Å²) in [4.78, 5) is 24.9. The molecule has 0 spiro atoms. The molecular formula is C22H28N2O3. The third-order valence-electron chi connectivity index (χ3n) is 4.26. The van der Waals surface area contributed by atoms with E-state index >= 15 is 0 Å². The molecule has 5 nitrogen and oxygen atoms in total. The molecule has 1 unspecified atom stereocenters. The van der Waals surface area contributed by atoms with Crippen molar-refractivity contribution >= 4 is 17.5 Å². The second kappa shape index (κ2) is 10.4. The molecule has 0 saturated carbocycles. The van der Waals surface area contributed by atoms with Gasteiger partial charge in [-0.25, -0.2) is 0 Å². The molecule has 2 rings (SSSR count). The second-order valence-corrected chi connectivity index (χ2v) is 6.40. The van der Waals surface area contributed by atoms with Gasteiger partial charge in [0.25, 0.3) is 11.8 Å². The van der Waals surface area contributed by atoms with E-state index in [1.807, 2.05) is 24.3 Å². The standard InChI is InChI=1S/C22H28N2O3/c1-4-6-15-23-22(26)19-9-7-8-10-20(19)24-21(25)16(3)27-18-13-11-17(5-2)12-14-18/h7-14,16H,4-6,15H2,1-3H3,(H,23,26)(H,24,25). The fourth-order valence-corrected chi connectivity index (χ4v) is 2.56. The normalized spacial score (nSPS) is 11.5. The number of carbonyl (C=O) groups is 2. The molecule has 0 aliphatic rings. The molecule has 27 heavy (non-hydrogen) atoms. The Morgan fingerprint density at radius 2 is 1.74 bits per heavy atom. The van der Waals surface area contributed by atoms with Gasteiger partial charge in [0.05, 0.1) is 11.3 Å². The van der Waals surface area contributed by atoms with Crippen LogP contribution in [0, 0.1) is 0 Å². The summed E-state index contributed by atoms with van der Waals surface area (Å²) in [5.41, 5.74) is 2.14. The number of benzene rings is 2. The Hall–Kier alpha value is -2.82. The topological polar surface area (TPSA) is 67.4 Å². The van der Waals surface area contributed by atoms with Crippen molar-refractivity contribution in [1.82, 2.24) is 5.32 Å². The van der Waals surface area contributed by atoms with E-state index in [4.69, 9.17) is 4.74 Å². The third-order valence-corrected chi connectivity index (χ3v) is 4.26. The van der Waals surface area contributed by atoms with Crippen LogP contribution in [-0.2, 0) is 11.2 Å². The summed E-state index contributed by atoms with van der Waals surface area (Å²) in [5, 5.41) is 5.67. The minimum absolute atomic E-state index is 0.192. The fourth-order valence-electron chi connectivity index (χ4n) is 2.56. The summed E-state index contributed by atoms with van der Waals surface area (Å²) in [6.07, 6.45) is 2.19. The average molecular weight is 368 g/mol. The molecule has 0 radical (unpaired) electrons. The Morgan fingerprint density at radius 1 is 1.04 bits per heavy atom. The Labute approximate surface area is 161 Å². The molecule has 0 bridgehead atoms. The predicted molar refractivity (Wildman–Crippen MR) is 108 cm³/mol. The Kier molecular flexibility index (Phi) is 7.86. The number of nitrogens with one attached hydrogen (secondary N) is 2. The molecular weight excluding hydrogens is 340 g/mol. The number of para-hydroxylation sites is 1. The van der Waals surface area contributed by atoms with Crippen molar-refractivity contribution in [3.63, 3.8) is 0 Å². The van der Waals surface area contributed by atoms with Gasteiger partial charge in [-0.3, -0.25) is 9.59 Å². The number of hydrogen-bond acceptors (Lipinski definition) is 3. The molecule has 0 saturated heterocycles.